The third kappa shape index (κ3) is 5.22. The first-order valence-electron chi connectivity index (χ1n) is 7.55. The summed E-state index contributed by atoms with van der Waals surface area (Å²) in [7, 11) is 0. The van der Waals surface area contributed by atoms with Gasteiger partial charge < -0.3 is 9.64 Å². The van der Waals surface area contributed by atoms with E-state index in [0.717, 1.165) is 19.1 Å². The SMILES string of the molecule is CC(C)N1CCC(CC2NCC(C)(C)CO2)CC1.Cl. The van der Waals surface area contributed by atoms with Crippen LogP contribution in [0.2, 0.25) is 0 Å². The lowest BCUT2D eigenvalue weighted by molar-refractivity contribution is -0.0706. The number of halogens is 1. The summed E-state index contributed by atoms with van der Waals surface area (Å²) in [4.78, 5) is 2.59. The summed E-state index contributed by atoms with van der Waals surface area (Å²) >= 11 is 0. The van der Waals surface area contributed by atoms with E-state index in [1.54, 1.807) is 0 Å². The van der Waals surface area contributed by atoms with Gasteiger partial charge in [0, 0.05) is 18.0 Å². The fourth-order valence-corrected chi connectivity index (χ4v) is 2.99. The average molecular weight is 291 g/mol. The highest BCUT2D eigenvalue weighted by Gasteiger charge is 2.29. The first-order chi connectivity index (χ1) is 8.46. The van der Waals surface area contributed by atoms with Crippen molar-refractivity contribution in [3.63, 3.8) is 0 Å². The zero-order valence-corrected chi connectivity index (χ0v) is 13.8. The number of hydrogen-bond donors (Lipinski definition) is 1. The monoisotopic (exact) mass is 290 g/mol. The lowest BCUT2D eigenvalue weighted by Crippen LogP contribution is -2.49. The smallest absolute Gasteiger partial charge is 0.108 e. The van der Waals surface area contributed by atoms with Gasteiger partial charge in [-0.1, -0.05) is 13.8 Å². The number of nitrogens with zero attached hydrogens (tertiary/aromatic N) is 1. The Balaban J connectivity index is 0.00000180. The summed E-state index contributed by atoms with van der Waals surface area (Å²) in [5.41, 5.74) is 0.303. The van der Waals surface area contributed by atoms with Crippen LogP contribution in [-0.4, -0.2) is 43.4 Å². The van der Waals surface area contributed by atoms with Gasteiger partial charge in [0.25, 0.3) is 0 Å². The minimum Gasteiger partial charge on any atom is -0.363 e. The van der Waals surface area contributed by atoms with E-state index in [9.17, 15) is 0 Å². The zero-order chi connectivity index (χ0) is 13.2. The molecule has 0 aromatic carbocycles. The van der Waals surface area contributed by atoms with Crippen LogP contribution in [0, 0.1) is 11.3 Å². The Morgan fingerprint density at radius 3 is 2.37 bits per heavy atom. The molecule has 2 saturated heterocycles. The van der Waals surface area contributed by atoms with Crippen LogP contribution >= 0.6 is 12.4 Å². The second-order valence-electron chi connectivity index (χ2n) is 7.15. The zero-order valence-electron chi connectivity index (χ0n) is 12.9. The first kappa shape index (κ1) is 17.2. The fourth-order valence-electron chi connectivity index (χ4n) is 2.99. The Morgan fingerprint density at radius 1 is 1.26 bits per heavy atom. The van der Waals surface area contributed by atoms with Gasteiger partial charge in [-0.2, -0.15) is 0 Å². The van der Waals surface area contributed by atoms with Crippen molar-refractivity contribution in [1.82, 2.24) is 10.2 Å². The van der Waals surface area contributed by atoms with Crippen LogP contribution in [0.1, 0.15) is 47.0 Å². The van der Waals surface area contributed by atoms with Gasteiger partial charge in [-0.3, -0.25) is 5.32 Å². The number of piperidine rings is 1. The minimum atomic E-state index is 0. The molecule has 114 valence electrons. The molecule has 2 aliphatic heterocycles. The second kappa shape index (κ2) is 7.26. The van der Waals surface area contributed by atoms with E-state index >= 15 is 0 Å². The summed E-state index contributed by atoms with van der Waals surface area (Å²) in [5.74, 6) is 0.846. The summed E-state index contributed by atoms with van der Waals surface area (Å²) < 4.78 is 5.95. The molecule has 0 aromatic heterocycles. The molecule has 0 aliphatic carbocycles. The van der Waals surface area contributed by atoms with Gasteiger partial charge in [0.2, 0.25) is 0 Å². The predicted molar refractivity (Wildman–Crippen MR) is 82.8 cm³/mol. The van der Waals surface area contributed by atoms with E-state index in [1.165, 1.54) is 32.4 Å². The predicted octanol–water partition coefficient (Wildman–Crippen LogP) is 2.89. The summed E-state index contributed by atoms with van der Waals surface area (Å²) in [6.07, 6.45) is 4.17. The van der Waals surface area contributed by atoms with Crippen LogP contribution in [0.3, 0.4) is 0 Å². The topological polar surface area (TPSA) is 24.5 Å². The van der Waals surface area contributed by atoms with Crippen molar-refractivity contribution in [2.45, 2.75) is 59.2 Å². The molecule has 2 aliphatic rings. The number of ether oxygens (including phenoxy) is 1. The van der Waals surface area contributed by atoms with E-state index in [0.29, 0.717) is 17.7 Å². The average Bonchev–Trinajstić information content (AvgIpc) is 2.33. The van der Waals surface area contributed by atoms with Crippen molar-refractivity contribution in [2.75, 3.05) is 26.2 Å². The molecular weight excluding hydrogens is 260 g/mol. The Kier molecular flexibility index (Phi) is 6.58. The Morgan fingerprint density at radius 2 is 1.89 bits per heavy atom. The molecular formula is C15H31ClN2O. The summed E-state index contributed by atoms with van der Waals surface area (Å²) in [6, 6.07) is 0.704. The maximum atomic E-state index is 5.95. The highest BCUT2D eigenvalue weighted by atomic mass is 35.5. The lowest BCUT2D eigenvalue weighted by atomic mass is 9.90. The van der Waals surface area contributed by atoms with E-state index in [4.69, 9.17) is 4.74 Å². The molecule has 1 atom stereocenters. The molecule has 1 unspecified atom stereocenters. The van der Waals surface area contributed by atoms with Crippen molar-refractivity contribution < 1.29 is 4.74 Å². The fraction of sp³-hybridized carbons (Fsp3) is 1.00. The third-order valence-corrected chi connectivity index (χ3v) is 4.41. The van der Waals surface area contributed by atoms with Gasteiger partial charge in [0.15, 0.2) is 0 Å². The maximum absolute atomic E-state index is 5.95. The Labute approximate surface area is 124 Å². The normalized spacial score (nSPS) is 29.2. The van der Waals surface area contributed by atoms with Crippen molar-refractivity contribution >= 4 is 12.4 Å². The lowest BCUT2D eigenvalue weighted by Gasteiger charge is -2.39. The Hall–Kier alpha value is 0.170. The van der Waals surface area contributed by atoms with Crippen LogP contribution in [-0.2, 0) is 4.74 Å². The van der Waals surface area contributed by atoms with E-state index in [2.05, 4.69) is 37.9 Å². The minimum absolute atomic E-state index is 0. The van der Waals surface area contributed by atoms with Crippen LogP contribution in [0.5, 0.6) is 0 Å². The van der Waals surface area contributed by atoms with Gasteiger partial charge in [0.05, 0.1) is 6.61 Å². The highest BCUT2D eigenvalue weighted by molar-refractivity contribution is 5.85. The summed E-state index contributed by atoms with van der Waals surface area (Å²) in [6.45, 7) is 13.6. The Bertz CT molecular complexity index is 253. The number of likely N-dealkylation sites (tertiary alicyclic amines) is 1. The molecule has 0 radical (unpaired) electrons. The third-order valence-electron chi connectivity index (χ3n) is 4.41. The molecule has 0 amide bonds. The molecule has 3 nitrogen and oxygen atoms in total. The highest BCUT2D eigenvalue weighted by Crippen LogP contribution is 2.26. The van der Waals surface area contributed by atoms with Crippen molar-refractivity contribution in [1.29, 1.82) is 0 Å². The van der Waals surface area contributed by atoms with Crippen LogP contribution < -0.4 is 5.32 Å². The molecule has 2 heterocycles. The molecule has 19 heavy (non-hydrogen) atoms. The maximum Gasteiger partial charge on any atom is 0.108 e. The van der Waals surface area contributed by atoms with Crippen molar-refractivity contribution in [3.05, 3.63) is 0 Å². The van der Waals surface area contributed by atoms with Crippen LogP contribution in [0.4, 0.5) is 0 Å². The van der Waals surface area contributed by atoms with Gasteiger partial charge in [-0.25, -0.2) is 0 Å². The molecule has 2 fully saturated rings. The number of nitrogens with one attached hydrogen (secondary N) is 1. The van der Waals surface area contributed by atoms with E-state index < -0.39 is 0 Å². The van der Waals surface area contributed by atoms with Gasteiger partial charge in [-0.15, -0.1) is 12.4 Å². The first-order valence-corrected chi connectivity index (χ1v) is 7.55. The standard InChI is InChI=1S/C15H30N2O.ClH/c1-12(2)17-7-5-13(6-8-17)9-14-16-10-15(3,4)11-18-14;/h12-14,16H,5-11H2,1-4H3;1H. The molecule has 4 heteroatoms. The largest absolute Gasteiger partial charge is 0.363 e. The number of rotatable bonds is 3. The molecule has 2 rings (SSSR count). The van der Waals surface area contributed by atoms with Crippen LogP contribution in [0.25, 0.3) is 0 Å². The van der Waals surface area contributed by atoms with Gasteiger partial charge in [-0.05, 0) is 52.1 Å². The van der Waals surface area contributed by atoms with Crippen molar-refractivity contribution in [3.8, 4) is 0 Å². The summed E-state index contributed by atoms with van der Waals surface area (Å²) in [5, 5.41) is 3.55. The molecule has 0 saturated carbocycles. The second-order valence-corrected chi connectivity index (χ2v) is 7.15. The molecule has 1 N–H and O–H groups in total. The van der Waals surface area contributed by atoms with E-state index in [1.807, 2.05) is 0 Å². The quantitative estimate of drug-likeness (QED) is 0.865. The number of hydrogen-bond acceptors (Lipinski definition) is 3. The molecule has 0 bridgehead atoms. The van der Waals surface area contributed by atoms with Crippen molar-refractivity contribution in [2.24, 2.45) is 11.3 Å². The van der Waals surface area contributed by atoms with Gasteiger partial charge >= 0.3 is 0 Å². The molecule has 0 aromatic rings. The van der Waals surface area contributed by atoms with E-state index in [-0.39, 0.29) is 12.4 Å². The van der Waals surface area contributed by atoms with Gasteiger partial charge in [0.1, 0.15) is 6.23 Å². The van der Waals surface area contributed by atoms with Crippen LogP contribution in [0.15, 0.2) is 0 Å². The molecule has 0 spiro atoms.